The van der Waals surface area contributed by atoms with E-state index in [0.29, 0.717) is 5.41 Å². The number of hydrogen-bond donors (Lipinski definition) is 1. The first-order chi connectivity index (χ1) is 7.90. The Labute approximate surface area is 105 Å². The van der Waals surface area contributed by atoms with Crippen LogP contribution in [0.3, 0.4) is 0 Å². The van der Waals surface area contributed by atoms with Gasteiger partial charge in [0.15, 0.2) is 0 Å². The Morgan fingerprint density at radius 1 is 1.29 bits per heavy atom. The average molecular weight is 236 g/mol. The van der Waals surface area contributed by atoms with E-state index < -0.39 is 0 Å². The van der Waals surface area contributed by atoms with E-state index in [2.05, 4.69) is 37.1 Å². The van der Waals surface area contributed by atoms with Gasteiger partial charge < -0.3 is 10.1 Å². The zero-order valence-electron chi connectivity index (χ0n) is 11.6. The fourth-order valence-corrected chi connectivity index (χ4v) is 1.55. The van der Waals surface area contributed by atoms with E-state index >= 15 is 0 Å². The normalized spacial score (nSPS) is 11.6. The molecule has 3 heteroatoms. The molecule has 0 atom stereocenters. The zero-order valence-corrected chi connectivity index (χ0v) is 11.6. The summed E-state index contributed by atoms with van der Waals surface area (Å²) < 4.78 is 5.71. The highest BCUT2D eigenvalue weighted by atomic mass is 16.5. The van der Waals surface area contributed by atoms with Crippen molar-refractivity contribution in [1.82, 2.24) is 10.3 Å². The van der Waals surface area contributed by atoms with Crippen molar-refractivity contribution in [3.8, 4) is 5.88 Å². The van der Waals surface area contributed by atoms with Crippen LogP contribution in [0.4, 0.5) is 0 Å². The molecule has 17 heavy (non-hydrogen) atoms. The molecule has 0 aromatic carbocycles. The van der Waals surface area contributed by atoms with Gasteiger partial charge in [0.05, 0.1) is 6.61 Å². The van der Waals surface area contributed by atoms with E-state index in [4.69, 9.17) is 4.74 Å². The first kappa shape index (κ1) is 14.0. The van der Waals surface area contributed by atoms with Crippen LogP contribution in [0.1, 0.15) is 38.4 Å². The van der Waals surface area contributed by atoms with Crippen molar-refractivity contribution in [3.05, 3.63) is 23.4 Å². The van der Waals surface area contributed by atoms with Gasteiger partial charge in [-0.3, -0.25) is 0 Å². The lowest BCUT2D eigenvalue weighted by molar-refractivity contribution is 0.236. The van der Waals surface area contributed by atoms with Gasteiger partial charge in [-0.15, -0.1) is 0 Å². The summed E-state index contributed by atoms with van der Waals surface area (Å²) in [5.41, 5.74) is 2.52. The minimum Gasteiger partial charge on any atom is -0.478 e. The SMILES string of the molecule is CNCc1cc(C)nc(OCCC(C)(C)C)c1. The van der Waals surface area contributed by atoms with Gasteiger partial charge in [-0.25, -0.2) is 4.98 Å². The van der Waals surface area contributed by atoms with Crippen LogP contribution in [-0.4, -0.2) is 18.6 Å². The number of nitrogens with one attached hydrogen (secondary N) is 1. The van der Waals surface area contributed by atoms with Crippen LogP contribution in [0.15, 0.2) is 12.1 Å². The Morgan fingerprint density at radius 3 is 2.59 bits per heavy atom. The molecular formula is C14H24N2O. The van der Waals surface area contributed by atoms with Gasteiger partial charge in [0, 0.05) is 18.3 Å². The first-order valence-electron chi connectivity index (χ1n) is 6.16. The van der Waals surface area contributed by atoms with E-state index in [9.17, 15) is 0 Å². The number of aryl methyl sites for hydroxylation is 1. The van der Waals surface area contributed by atoms with Crippen LogP contribution in [0.5, 0.6) is 5.88 Å². The summed E-state index contributed by atoms with van der Waals surface area (Å²) in [6.07, 6.45) is 1.03. The van der Waals surface area contributed by atoms with Gasteiger partial charge in [0.25, 0.3) is 0 Å². The van der Waals surface area contributed by atoms with Crippen LogP contribution < -0.4 is 10.1 Å². The Kier molecular flexibility index (Phi) is 4.94. The van der Waals surface area contributed by atoms with Crippen LogP contribution in [0.25, 0.3) is 0 Å². The number of pyridine rings is 1. The van der Waals surface area contributed by atoms with Crippen molar-refractivity contribution in [3.63, 3.8) is 0 Å². The van der Waals surface area contributed by atoms with E-state index in [1.807, 2.05) is 20.0 Å². The van der Waals surface area contributed by atoms with Gasteiger partial charge in [0.2, 0.25) is 5.88 Å². The maximum absolute atomic E-state index is 5.71. The van der Waals surface area contributed by atoms with Crippen LogP contribution in [0.2, 0.25) is 0 Å². The van der Waals surface area contributed by atoms with Crippen molar-refractivity contribution < 1.29 is 4.74 Å². The topological polar surface area (TPSA) is 34.2 Å². The van der Waals surface area contributed by atoms with Crippen LogP contribution in [-0.2, 0) is 6.54 Å². The molecule has 1 heterocycles. The highest BCUT2D eigenvalue weighted by Crippen LogP contribution is 2.19. The molecule has 0 fully saturated rings. The van der Waals surface area contributed by atoms with E-state index in [-0.39, 0.29) is 0 Å². The Hall–Kier alpha value is -1.09. The molecule has 0 aliphatic carbocycles. The largest absolute Gasteiger partial charge is 0.478 e. The molecule has 0 spiro atoms. The number of nitrogens with zero attached hydrogens (tertiary/aromatic N) is 1. The van der Waals surface area contributed by atoms with Crippen molar-refractivity contribution in [2.75, 3.05) is 13.7 Å². The van der Waals surface area contributed by atoms with E-state index in [1.165, 1.54) is 5.56 Å². The number of ether oxygens (including phenoxy) is 1. The lowest BCUT2D eigenvalue weighted by Crippen LogP contribution is -2.12. The van der Waals surface area contributed by atoms with Gasteiger partial charge >= 0.3 is 0 Å². The molecular weight excluding hydrogens is 212 g/mol. The lowest BCUT2D eigenvalue weighted by Gasteiger charge is -2.18. The standard InChI is InChI=1S/C14H24N2O/c1-11-8-12(10-15-5)9-13(16-11)17-7-6-14(2,3)4/h8-9,15H,6-7,10H2,1-5H3. The lowest BCUT2D eigenvalue weighted by atomic mass is 9.93. The van der Waals surface area contributed by atoms with Gasteiger partial charge in [-0.05, 0) is 37.4 Å². The summed E-state index contributed by atoms with van der Waals surface area (Å²) in [4.78, 5) is 4.39. The monoisotopic (exact) mass is 236 g/mol. The van der Waals surface area contributed by atoms with E-state index in [1.54, 1.807) is 0 Å². The van der Waals surface area contributed by atoms with Gasteiger partial charge in [-0.2, -0.15) is 0 Å². The molecule has 0 saturated carbocycles. The second-order valence-electron chi connectivity index (χ2n) is 5.64. The molecule has 0 aliphatic rings. The molecule has 0 unspecified atom stereocenters. The maximum atomic E-state index is 5.71. The fourth-order valence-electron chi connectivity index (χ4n) is 1.55. The summed E-state index contributed by atoms with van der Waals surface area (Å²) in [7, 11) is 1.94. The molecule has 1 N–H and O–H groups in total. The van der Waals surface area contributed by atoms with Crippen molar-refractivity contribution in [1.29, 1.82) is 0 Å². The third-order valence-electron chi connectivity index (χ3n) is 2.47. The molecule has 0 aliphatic heterocycles. The number of hydrogen-bond acceptors (Lipinski definition) is 3. The Bertz CT molecular complexity index is 356. The van der Waals surface area contributed by atoms with Crippen LogP contribution in [0, 0.1) is 12.3 Å². The molecule has 3 nitrogen and oxygen atoms in total. The van der Waals surface area contributed by atoms with Gasteiger partial charge in [0.1, 0.15) is 0 Å². The Morgan fingerprint density at radius 2 is 2.00 bits per heavy atom. The predicted molar refractivity (Wildman–Crippen MR) is 71.3 cm³/mol. The number of aromatic nitrogens is 1. The number of rotatable bonds is 5. The minimum absolute atomic E-state index is 0.303. The summed E-state index contributed by atoms with van der Waals surface area (Å²) in [5.74, 6) is 0.736. The average Bonchev–Trinajstić information content (AvgIpc) is 2.15. The Balaban J connectivity index is 2.58. The molecule has 1 rings (SSSR count). The molecule has 0 saturated heterocycles. The fraction of sp³-hybridized carbons (Fsp3) is 0.643. The molecule has 1 aromatic rings. The second-order valence-corrected chi connectivity index (χ2v) is 5.64. The predicted octanol–water partition coefficient (Wildman–Crippen LogP) is 2.92. The molecule has 96 valence electrons. The third kappa shape index (κ3) is 5.68. The second kappa shape index (κ2) is 6.01. The summed E-state index contributed by atoms with van der Waals surface area (Å²) in [6, 6.07) is 4.08. The molecule has 0 bridgehead atoms. The highest BCUT2D eigenvalue weighted by Gasteiger charge is 2.10. The van der Waals surface area contributed by atoms with Crippen LogP contribution >= 0.6 is 0 Å². The molecule has 0 amide bonds. The third-order valence-corrected chi connectivity index (χ3v) is 2.47. The summed E-state index contributed by atoms with van der Waals surface area (Å²) in [6.45, 7) is 10.2. The van der Waals surface area contributed by atoms with E-state index in [0.717, 1.165) is 31.1 Å². The highest BCUT2D eigenvalue weighted by molar-refractivity contribution is 5.24. The minimum atomic E-state index is 0.303. The smallest absolute Gasteiger partial charge is 0.213 e. The maximum Gasteiger partial charge on any atom is 0.213 e. The van der Waals surface area contributed by atoms with Gasteiger partial charge in [-0.1, -0.05) is 20.8 Å². The van der Waals surface area contributed by atoms with Crippen molar-refractivity contribution in [2.45, 2.75) is 40.7 Å². The molecule has 1 aromatic heterocycles. The van der Waals surface area contributed by atoms with Crippen molar-refractivity contribution >= 4 is 0 Å². The quantitative estimate of drug-likeness (QED) is 0.853. The summed E-state index contributed by atoms with van der Waals surface area (Å²) >= 11 is 0. The molecule has 0 radical (unpaired) electrons. The zero-order chi connectivity index (χ0) is 12.9. The first-order valence-corrected chi connectivity index (χ1v) is 6.16. The van der Waals surface area contributed by atoms with Crippen molar-refractivity contribution in [2.24, 2.45) is 5.41 Å². The summed E-state index contributed by atoms with van der Waals surface area (Å²) in [5, 5.41) is 3.14.